The molecule has 1 aliphatic heterocycles. The van der Waals surface area contributed by atoms with Gasteiger partial charge in [-0.05, 0) is 51.1 Å². The van der Waals surface area contributed by atoms with Crippen molar-refractivity contribution in [3.05, 3.63) is 17.1 Å². The molecule has 3 rings (SSSR count). The molecule has 0 amide bonds. The van der Waals surface area contributed by atoms with Gasteiger partial charge in [-0.15, -0.1) is 0 Å². The van der Waals surface area contributed by atoms with Crippen molar-refractivity contribution in [1.82, 2.24) is 14.9 Å². The third kappa shape index (κ3) is 2.67. The van der Waals surface area contributed by atoms with E-state index in [-0.39, 0.29) is 11.6 Å². The van der Waals surface area contributed by atoms with Crippen molar-refractivity contribution < 1.29 is 4.79 Å². The van der Waals surface area contributed by atoms with Crippen LogP contribution in [0.5, 0.6) is 0 Å². The van der Waals surface area contributed by atoms with E-state index < -0.39 is 0 Å². The smallest absolute Gasteiger partial charge is 0.197 e. The molecule has 2 atom stereocenters. The number of anilines is 1. The Morgan fingerprint density at radius 1 is 1.38 bits per heavy atom. The Bertz CT molecular complexity index is 555. The first-order chi connectivity index (χ1) is 10.1. The first-order valence-corrected chi connectivity index (χ1v) is 8.00. The van der Waals surface area contributed by atoms with E-state index in [4.69, 9.17) is 5.73 Å². The molecule has 2 N–H and O–H groups in total. The Labute approximate surface area is 125 Å². The number of carbonyl (C=O) groups excluding carboxylic acids is 1. The van der Waals surface area contributed by atoms with Gasteiger partial charge in [0, 0.05) is 18.5 Å². The summed E-state index contributed by atoms with van der Waals surface area (Å²) in [6.07, 6.45) is 5.57. The van der Waals surface area contributed by atoms with E-state index in [0.29, 0.717) is 17.8 Å². The van der Waals surface area contributed by atoms with Crippen LogP contribution in [0.3, 0.4) is 0 Å². The SMILES string of the molecule is CCCN1CCC[C@H]2Cc3nc(C(C)=O)nc(N)c3C[C@@H]21. The molecule has 0 aromatic carbocycles. The molecule has 21 heavy (non-hydrogen) atoms. The van der Waals surface area contributed by atoms with Crippen molar-refractivity contribution in [1.29, 1.82) is 0 Å². The molecule has 0 spiro atoms. The van der Waals surface area contributed by atoms with Crippen LogP contribution < -0.4 is 5.73 Å². The lowest BCUT2D eigenvalue weighted by atomic mass is 9.77. The quantitative estimate of drug-likeness (QED) is 0.859. The largest absolute Gasteiger partial charge is 0.383 e. The number of nitrogens with zero attached hydrogens (tertiary/aromatic N) is 3. The fourth-order valence-corrected chi connectivity index (χ4v) is 3.87. The number of ketones is 1. The van der Waals surface area contributed by atoms with E-state index in [1.165, 1.54) is 32.7 Å². The maximum atomic E-state index is 11.5. The molecular formula is C16H24N4O. The summed E-state index contributed by atoms with van der Waals surface area (Å²) in [6.45, 7) is 6.08. The number of hydrogen-bond acceptors (Lipinski definition) is 5. The number of fused-ring (bicyclic) bond motifs is 2. The molecule has 114 valence electrons. The highest BCUT2D eigenvalue weighted by Crippen LogP contribution is 2.36. The van der Waals surface area contributed by atoms with Gasteiger partial charge in [0.15, 0.2) is 11.6 Å². The molecule has 1 saturated heterocycles. The molecule has 5 heteroatoms. The van der Waals surface area contributed by atoms with Crippen molar-refractivity contribution in [2.75, 3.05) is 18.8 Å². The molecular weight excluding hydrogens is 264 g/mol. The van der Waals surface area contributed by atoms with Crippen LogP contribution in [0.1, 0.15) is 55.0 Å². The third-order valence-corrected chi connectivity index (χ3v) is 4.85. The second kappa shape index (κ2) is 5.72. The van der Waals surface area contributed by atoms with Crippen molar-refractivity contribution in [3.63, 3.8) is 0 Å². The van der Waals surface area contributed by atoms with Crippen molar-refractivity contribution in [3.8, 4) is 0 Å². The Hall–Kier alpha value is -1.49. The number of likely N-dealkylation sites (tertiary alicyclic amines) is 1. The van der Waals surface area contributed by atoms with Gasteiger partial charge < -0.3 is 5.73 Å². The predicted octanol–water partition coefficient (Wildman–Crippen LogP) is 1.85. The van der Waals surface area contributed by atoms with Crippen LogP contribution in [0.25, 0.3) is 0 Å². The average Bonchev–Trinajstić information content (AvgIpc) is 2.46. The van der Waals surface area contributed by atoms with Gasteiger partial charge in [0.05, 0.1) is 5.69 Å². The molecule has 0 saturated carbocycles. The summed E-state index contributed by atoms with van der Waals surface area (Å²) in [4.78, 5) is 22.8. The van der Waals surface area contributed by atoms with Crippen LogP contribution in [-0.2, 0) is 12.8 Å². The molecule has 1 aromatic heterocycles. The van der Waals surface area contributed by atoms with Crippen LogP contribution >= 0.6 is 0 Å². The Morgan fingerprint density at radius 2 is 2.19 bits per heavy atom. The lowest BCUT2D eigenvalue weighted by Gasteiger charge is -2.44. The third-order valence-electron chi connectivity index (χ3n) is 4.85. The first-order valence-electron chi connectivity index (χ1n) is 8.00. The van der Waals surface area contributed by atoms with Gasteiger partial charge in [-0.25, -0.2) is 9.97 Å². The normalized spacial score (nSPS) is 25.2. The molecule has 0 unspecified atom stereocenters. The number of piperidine rings is 1. The highest BCUT2D eigenvalue weighted by molar-refractivity contribution is 5.90. The number of Topliss-reactive ketones (excluding diaryl/α,β-unsaturated/α-hetero) is 1. The number of hydrogen-bond donors (Lipinski definition) is 1. The summed E-state index contributed by atoms with van der Waals surface area (Å²) in [5, 5.41) is 0. The van der Waals surface area contributed by atoms with Crippen LogP contribution in [0.15, 0.2) is 0 Å². The molecule has 2 aliphatic rings. The van der Waals surface area contributed by atoms with Crippen molar-refractivity contribution in [2.24, 2.45) is 5.92 Å². The van der Waals surface area contributed by atoms with E-state index in [0.717, 1.165) is 30.6 Å². The number of aromatic nitrogens is 2. The molecule has 5 nitrogen and oxygen atoms in total. The second-order valence-corrected chi connectivity index (χ2v) is 6.33. The van der Waals surface area contributed by atoms with Gasteiger partial charge in [-0.2, -0.15) is 0 Å². The van der Waals surface area contributed by atoms with Gasteiger partial charge in [0.25, 0.3) is 0 Å². The van der Waals surface area contributed by atoms with Gasteiger partial charge in [-0.3, -0.25) is 9.69 Å². The topological polar surface area (TPSA) is 72.1 Å². The van der Waals surface area contributed by atoms with E-state index in [9.17, 15) is 4.79 Å². The lowest BCUT2D eigenvalue weighted by molar-refractivity contribution is 0.0844. The molecule has 0 bridgehead atoms. The van der Waals surface area contributed by atoms with Gasteiger partial charge in [0.2, 0.25) is 0 Å². The first kappa shape index (κ1) is 14.4. The highest BCUT2D eigenvalue weighted by atomic mass is 16.1. The predicted molar refractivity (Wildman–Crippen MR) is 82.2 cm³/mol. The standard InChI is InChI=1S/C16H24N4O/c1-3-6-20-7-4-5-11-8-13-12(9-14(11)20)15(17)19-16(18-13)10(2)21/h11,14H,3-9H2,1-2H3,(H2,17,18,19)/t11-,14-/m0/s1. The van der Waals surface area contributed by atoms with Crippen LogP contribution in [0.2, 0.25) is 0 Å². The highest BCUT2D eigenvalue weighted by Gasteiger charge is 2.37. The second-order valence-electron chi connectivity index (χ2n) is 6.33. The van der Waals surface area contributed by atoms with E-state index in [1.54, 1.807) is 0 Å². The Balaban J connectivity index is 1.93. The Kier molecular flexibility index (Phi) is 3.93. The monoisotopic (exact) mass is 288 g/mol. The molecule has 1 aliphatic carbocycles. The fourth-order valence-electron chi connectivity index (χ4n) is 3.87. The molecule has 1 aromatic rings. The number of nitrogen functional groups attached to an aromatic ring is 1. The van der Waals surface area contributed by atoms with E-state index >= 15 is 0 Å². The van der Waals surface area contributed by atoms with E-state index in [2.05, 4.69) is 21.8 Å². The van der Waals surface area contributed by atoms with E-state index in [1.807, 2.05) is 0 Å². The summed E-state index contributed by atoms with van der Waals surface area (Å²) < 4.78 is 0. The van der Waals surface area contributed by atoms with Crippen LogP contribution in [-0.4, -0.2) is 39.8 Å². The van der Waals surface area contributed by atoms with Crippen LogP contribution in [0, 0.1) is 5.92 Å². The summed E-state index contributed by atoms with van der Waals surface area (Å²) in [5.41, 5.74) is 8.18. The van der Waals surface area contributed by atoms with Crippen LogP contribution in [0.4, 0.5) is 5.82 Å². The maximum Gasteiger partial charge on any atom is 0.197 e. The van der Waals surface area contributed by atoms with Crippen molar-refractivity contribution in [2.45, 2.75) is 52.0 Å². The van der Waals surface area contributed by atoms with Gasteiger partial charge >= 0.3 is 0 Å². The zero-order chi connectivity index (χ0) is 15.0. The summed E-state index contributed by atoms with van der Waals surface area (Å²) >= 11 is 0. The lowest BCUT2D eigenvalue weighted by Crippen LogP contribution is -2.49. The molecule has 1 fully saturated rings. The fraction of sp³-hybridized carbons (Fsp3) is 0.688. The summed E-state index contributed by atoms with van der Waals surface area (Å²) in [6, 6.07) is 0.570. The minimum absolute atomic E-state index is 0.108. The number of nitrogens with two attached hydrogens (primary N) is 1. The average molecular weight is 288 g/mol. The minimum Gasteiger partial charge on any atom is -0.383 e. The molecule has 2 heterocycles. The van der Waals surface area contributed by atoms with Crippen molar-refractivity contribution >= 4 is 11.6 Å². The maximum absolute atomic E-state index is 11.5. The number of carbonyl (C=O) groups is 1. The Morgan fingerprint density at radius 3 is 2.90 bits per heavy atom. The minimum atomic E-state index is -0.108. The van der Waals surface area contributed by atoms with Gasteiger partial charge in [0.1, 0.15) is 5.82 Å². The molecule has 0 radical (unpaired) electrons. The summed E-state index contributed by atoms with van der Waals surface area (Å²) in [5.74, 6) is 1.31. The number of rotatable bonds is 3. The summed E-state index contributed by atoms with van der Waals surface area (Å²) in [7, 11) is 0. The zero-order valence-corrected chi connectivity index (χ0v) is 12.9. The zero-order valence-electron chi connectivity index (χ0n) is 12.9. The van der Waals surface area contributed by atoms with Gasteiger partial charge in [-0.1, -0.05) is 6.92 Å².